The zero-order valence-electron chi connectivity index (χ0n) is 13.1. The fourth-order valence-electron chi connectivity index (χ4n) is 2.79. The summed E-state index contributed by atoms with van der Waals surface area (Å²) in [5.41, 5.74) is 8.71. The minimum Gasteiger partial charge on any atom is -0.477 e. The number of nitrogen functional groups attached to an aromatic ring is 1. The smallest absolute Gasteiger partial charge is 0.224 e. The highest BCUT2D eigenvalue weighted by atomic mass is 16.5. The van der Waals surface area contributed by atoms with Gasteiger partial charge in [0.1, 0.15) is 5.84 Å². The molecule has 0 aromatic carbocycles. The maximum Gasteiger partial charge on any atom is 0.224 e. The van der Waals surface area contributed by atoms with Gasteiger partial charge in [0.05, 0.1) is 12.2 Å². The molecule has 0 fully saturated rings. The largest absolute Gasteiger partial charge is 0.477 e. The Kier molecular flexibility index (Phi) is 6.03. The number of hydrogen-bond acceptors (Lipinski definition) is 3. The number of nitrogens with two attached hydrogens (primary N) is 1. The van der Waals surface area contributed by atoms with Crippen molar-refractivity contribution in [2.75, 3.05) is 6.61 Å². The highest BCUT2D eigenvalue weighted by Gasteiger charge is 2.17. The summed E-state index contributed by atoms with van der Waals surface area (Å²) in [6.07, 6.45) is 10.5. The lowest BCUT2D eigenvalue weighted by Crippen LogP contribution is -2.17. The van der Waals surface area contributed by atoms with Crippen molar-refractivity contribution in [2.24, 2.45) is 5.73 Å². The second kappa shape index (κ2) is 8.01. The van der Waals surface area contributed by atoms with E-state index < -0.39 is 0 Å². The second-order valence-electron chi connectivity index (χ2n) is 5.83. The Bertz CT molecular complexity index is 485. The van der Waals surface area contributed by atoms with Crippen molar-refractivity contribution >= 4 is 5.84 Å². The zero-order valence-corrected chi connectivity index (χ0v) is 13.1. The van der Waals surface area contributed by atoms with Gasteiger partial charge in [-0.1, -0.05) is 32.6 Å². The average molecular weight is 289 g/mol. The quantitative estimate of drug-likeness (QED) is 0.436. The summed E-state index contributed by atoms with van der Waals surface area (Å²) < 4.78 is 5.81. The molecule has 0 aliphatic heterocycles. The Morgan fingerprint density at radius 3 is 2.76 bits per heavy atom. The van der Waals surface area contributed by atoms with E-state index in [4.69, 9.17) is 15.9 Å². The number of aryl methyl sites for hydroxylation is 2. The fourth-order valence-corrected chi connectivity index (χ4v) is 2.79. The first-order valence-corrected chi connectivity index (χ1v) is 8.22. The first-order valence-electron chi connectivity index (χ1n) is 8.22. The third-order valence-electron chi connectivity index (χ3n) is 4.04. The highest BCUT2D eigenvalue weighted by Crippen LogP contribution is 2.26. The molecule has 0 spiro atoms. The third kappa shape index (κ3) is 4.45. The van der Waals surface area contributed by atoms with Crippen molar-refractivity contribution in [1.29, 1.82) is 5.41 Å². The summed E-state index contributed by atoms with van der Waals surface area (Å²) in [5.74, 6) is 0.607. The van der Waals surface area contributed by atoms with Gasteiger partial charge >= 0.3 is 0 Å². The van der Waals surface area contributed by atoms with Crippen molar-refractivity contribution in [3.63, 3.8) is 0 Å². The summed E-state index contributed by atoms with van der Waals surface area (Å²) in [7, 11) is 0. The van der Waals surface area contributed by atoms with E-state index in [9.17, 15) is 0 Å². The topological polar surface area (TPSA) is 72.0 Å². The highest BCUT2D eigenvalue weighted by molar-refractivity contribution is 5.97. The molecular formula is C17H27N3O. The fraction of sp³-hybridized carbons (Fsp3) is 0.647. The second-order valence-corrected chi connectivity index (χ2v) is 5.83. The molecule has 0 bridgehead atoms. The maximum absolute atomic E-state index is 7.72. The van der Waals surface area contributed by atoms with E-state index in [2.05, 4.69) is 11.9 Å². The number of aromatic nitrogens is 1. The standard InChI is InChI=1S/C17H27N3O/c1-2-3-4-5-8-11-21-17-14(16(18)19)12-13-9-6-7-10-15(13)20-17/h12H,2-11H2,1H3,(H3,18,19). The van der Waals surface area contributed by atoms with E-state index >= 15 is 0 Å². The number of fused-ring (bicyclic) bond motifs is 1. The number of unbranched alkanes of at least 4 members (excludes halogenated alkanes) is 4. The lowest BCUT2D eigenvalue weighted by molar-refractivity contribution is 0.291. The molecule has 3 N–H and O–H groups in total. The number of pyridine rings is 1. The lowest BCUT2D eigenvalue weighted by atomic mass is 9.95. The molecule has 1 aliphatic rings. The van der Waals surface area contributed by atoms with E-state index in [-0.39, 0.29) is 5.84 Å². The summed E-state index contributed by atoms with van der Waals surface area (Å²) >= 11 is 0. The van der Waals surface area contributed by atoms with Gasteiger partial charge in [-0.3, -0.25) is 5.41 Å². The molecule has 0 saturated carbocycles. The minimum atomic E-state index is 0.0526. The van der Waals surface area contributed by atoms with E-state index in [0.717, 1.165) is 25.0 Å². The lowest BCUT2D eigenvalue weighted by Gasteiger charge is -2.18. The Morgan fingerprint density at radius 1 is 1.24 bits per heavy atom. The van der Waals surface area contributed by atoms with Gasteiger partial charge in [-0.25, -0.2) is 4.98 Å². The van der Waals surface area contributed by atoms with Gasteiger partial charge in [0.2, 0.25) is 5.88 Å². The van der Waals surface area contributed by atoms with Crippen LogP contribution in [0.25, 0.3) is 0 Å². The van der Waals surface area contributed by atoms with Crippen LogP contribution < -0.4 is 10.5 Å². The monoisotopic (exact) mass is 289 g/mol. The number of amidine groups is 1. The Morgan fingerprint density at radius 2 is 2.00 bits per heavy atom. The van der Waals surface area contributed by atoms with Crippen LogP contribution in [0.3, 0.4) is 0 Å². The first kappa shape index (κ1) is 15.8. The third-order valence-corrected chi connectivity index (χ3v) is 4.04. The SMILES string of the molecule is CCCCCCCOc1nc2c(cc1C(=N)N)CCCC2. The van der Waals surface area contributed by atoms with Crippen LogP contribution >= 0.6 is 0 Å². The van der Waals surface area contributed by atoms with Gasteiger partial charge in [-0.15, -0.1) is 0 Å². The molecule has 4 nitrogen and oxygen atoms in total. The molecule has 4 heteroatoms. The predicted molar refractivity (Wildman–Crippen MR) is 86.1 cm³/mol. The van der Waals surface area contributed by atoms with Crippen LogP contribution in [0, 0.1) is 5.41 Å². The van der Waals surface area contributed by atoms with Crippen LogP contribution in [0.1, 0.15) is 68.7 Å². The molecule has 0 saturated heterocycles. The van der Waals surface area contributed by atoms with Crippen molar-refractivity contribution < 1.29 is 4.74 Å². The summed E-state index contributed by atoms with van der Waals surface area (Å²) in [6.45, 7) is 2.88. The van der Waals surface area contributed by atoms with Crippen LogP contribution in [0.15, 0.2) is 6.07 Å². The molecule has 21 heavy (non-hydrogen) atoms. The van der Waals surface area contributed by atoms with Crippen LogP contribution in [0.2, 0.25) is 0 Å². The number of nitrogens with one attached hydrogen (secondary N) is 1. The summed E-state index contributed by atoms with van der Waals surface area (Å²) in [4.78, 5) is 4.63. The summed E-state index contributed by atoms with van der Waals surface area (Å²) in [6, 6.07) is 2.01. The molecule has 1 heterocycles. The van der Waals surface area contributed by atoms with Gasteiger partial charge in [0.25, 0.3) is 0 Å². The van der Waals surface area contributed by atoms with E-state index in [1.54, 1.807) is 0 Å². The van der Waals surface area contributed by atoms with E-state index in [1.165, 1.54) is 44.1 Å². The zero-order chi connectivity index (χ0) is 15.1. The number of ether oxygens (including phenoxy) is 1. The normalized spacial score (nSPS) is 13.8. The number of rotatable bonds is 8. The van der Waals surface area contributed by atoms with Crippen LogP contribution in [0.5, 0.6) is 5.88 Å². The van der Waals surface area contributed by atoms with Crippen LogP contribution in [-0.2, 0) is 12.8 Å². The number of hydrogen-bond donors (Lipinski definition) is 2. The molecule has 2 rings (SSSR count). The van der Waals surface area contributed by atoms with Gasteiger partial charge in [0.15, 0.2) is 0 Å². The van der Waals surface area contributed by atoms with Crippen LogP contribution in [0.4, 0.5) is 0 Å². The van der Waals surface area contributed by atoms with Crippen molar-refractivity contribution in [3.05, 3.63) is 22.9 Å². The van der Waals surface area contributed by atoms with Gasteiger partial charge in [-0.2, -0.15) is 0 Å². The van der Waals surface area contributed by atoms with E-state index in [1.807, 2.05) is 6.07 Å². The molecule has 1 aliphatic carbocycles. The van der Waals surface area contributed by atoms with Gasteiger partial charge < -0.3 is 10.5 Å². The average Bonchev–Trinajstić information content (AvgIpc) is 2.49. The molecule has 0 unspecified atom stereocenters. The maximum atomic E-state index is 7.72. The minimum absolute atomic E-state index is 0.0526. The molecule has 0 radical (unpaired) electrons. The molecule has 0 atom stereocenters. The van der Waals surface area contributed by atoms with Gasteiger partial charge in [0, 0.05) is 5.69 Å². The molecule has 0 amide bonds. The molecule has 1 aromatic heterocycles. The first-order chi connectivity index (χ1) is 10.2. The van der Waals surface area contributed by atoms with Crippen molar-refractivity contribution in [2.45, 2.75) is 64.7 Å². The van der Waals surface area contributed by atoms with Crippen LogP contribution in [-0.4, -0.2) is 17.4 Å². The molecule has 1 aromatic rings. The van der Waals surface area contributed by atoms with Crippen molar-refractivity contribution in [1.82, 2.24) is 4.98 Å². The molecular weight excluding hydrogens is 262 g/mol. The predicted octanol–water partition coefficient (Wildman–Crippen LogP) is 3.59. The van der Waals surface area contributed by atoms with Gasteiger partial charge in [-0.05, 0) is 43.7 Å². The Hall–Kier alpha value is -1.58. The molecule has 116 valence electrons. The van der Waals surface area contributed by atoms with E-state index in [0.29, 0.717) is 18.1 Å². The van der Waals surface area contributed by atoms with Crippen molar-refractivity contribution in [3.8, 4) is 5.88 Å². The number of nitrogens with zero attached hydrogens (tertiary/aromatic N) is 1. The summed E-state index contributed by atoms with van der Waals surface area (Å²) in [5, 5.41) is 7.72. The Labute approximate surface area is 127 Å². The Balaban J connectivity index is 1.98.